The number of aromatic nitrogens is 3. The Morgan fingerprint density at radius 1 is 1.29 bits per heavy atom. The van der Waals surface area contributed by atoms with Crippen LogP contribution in [0, 0.1) is 5.92 Å². The number of carbonyl (C=O) groups excluding carboxylic acids is 1. The van der Waals surface area contributed by atoms with E-state index in [4.69, 9.17) is 4.74 Å². The molecule has 1 amide bonds. The molecule has 24 heavy (non-hydrogen) atoms. The molecule has 1 atom stereocenters. The third-order valence-corrected chi connectivity index (χ3v) is 5.56. The Kier molecular flexibility index (Phi) is 5.84. The number of carbonyl (C=O) groups is 1. The zero-order valence-corrected chi connectivity index (χ0v) is 14.9. The zero-order valence-electron chi connectivity index (χ0n) is 14.9. The topological polar surface area (TPSA) is 63.5 Å². The number of likely N-dealkylation sites (tertiary alicyclic amines) is 1. The third-order valence-electron chi connectivity index (χ3n) is 5.56. The Morgan fingerprint density at radius 3 is 2.62 bits per heavy atom. The number of aryl methyl sites for hydroxylation is 2. The van der Waals surface area contributed by atoms with E-state index in [1.807, 2.05) is 16.5 Å². The maximum atomic E-state index is 12.4. The molecule has 7 heteroatoms. The summed E-state index contributed by atoms with van der Waals surface area (Å²) in [6.07, 6.45) is 5.08. The SMILES string of the molecule is C[C@@H](C1CCN(C(=O)CCc2nncn2C)CC1)N1CCOCC1. The predicted octanol–water partition coefficient (Wildman–Crippen LogP) is 0.707. The fraction of sp³-hybridized carbons (Fsp3) is 0.824. The Labute approximate surface area is 144 Å². The van der Waals surface area contributed by atoms with Crippen LogP contribution < -0.4 is 0 Å². The van der Waals surface area contributed by atoms with Gasteiger partial charge in [0.15, 0.2) is 0 Å². The first-order chi connectivity index (χ1) is 11.6. The van der Waals surface area contributed by atoms with Crippen molar-refractivity contribution in [2.75, 3.05) is 39.4 Å². The standard InChI is InChI=1S/C17H29N5O2/c1-14(21-9-11-24-12-10-21)15-5-7-22(8-6-15)17(23)4-3-16-19-18-13-20(16)2/h13-15H,3-12H2,1-2H3/t14-/m0/s1. The van der Waals surface area contributed by atoms with Crippen LogP contribution in [0.1, 0.15) is 32.0 Å². The number of amides is 1. The van der Waals surface area contributed by atoms with Gasteiger partial charge in [-0.15, -0.1) is 10.2 Å². The van der Waals surface area contributed by atoms with Crippen molar-refractivity contribution in [1.82, 2.24) is 24.6 Å². The van der Waals surface area contributed by atoms with Crippen molar-refractivity contribution < 1.29 is 9.53 Å². The molecule has 1 aromatic heterocycles. The molecule has 0 N–H and O–H groups in total. The molecular weight excluding hydrogens is 306 g/mol. The average Bonchev–Trinajstić information content (AvgIpc) is 3.05. The maximum Gasteiger partial charge on any atom is 0.223 e. The Hall–Kier alpha value is -1.47. The number of hydrogen-bond acceptors (Lipinski definition) is 5. The zero-order chi connectivity index (χ0) is 16.9. The van der Waals surface area contributed by atoms with Gasteiger partial charge in [-0.05, 0) is 25.7 Å². The minimum absolute atomic E-state index is 0.246. The minimum Gasteiger partial charge on any atom is -0.379 e. The van der Waals surface area contributed by atoms with Crippen molar-refractivity contribution in [2.24, 2.45) is 13.0 Å². The van der Waals surface area contributed by atoms with Crippen molar-refractivity contribution in [3.8, 4) is 0 Å². The van der Waals surface area contributed by atoms with Crippen LogP contribution in [0.15, 0.2) is 6.33 Å². The van der Waals surface area contributed by atoms with Gasteiger partial charge in [-0.25, -0.2) is 0 Å². The molecule has 3 heterocycles. The summed E-state index contributed by atoms with van der Waals surface area (Å²) < 4.78 is 7.32. The van der Waals surface area contributed by atoms with Crippen LogP contribution in [0.25, 0.3) is 0 Å². The number of hydrogen-bond donors (Lipinski definition) is 0. The molecule has 0 radical (unpaired) electrons. The van der Waals surface area contributed by atoms with Gasteiger partial charge in [0.05, 0.1) is 13.2 Å². The number of morpholine rings is 1. The second kappa shape index (κ2) is 8.07. The van der Waals surface area contributed by atoms with E-state index in [0.29, 0.717) is 24.8 Å². The molecule has 0 aliphatic carbocycles. The van der Waals surface area contributed by atoms with Gasteiger partial charge in [-0.3, -0.25) is 9.69 Å². The van der Waals surface area contributed by atoms with Crippen molar-refractivity contribution in [2.45, 2.75) is 38.6 Å². The highest BCUT2D eigenvalue weighted by Crippen LogP contribution is 2.25. The fourth-order valence-corrected chi connectivity index (χ4v) is 3.82. The lowest BCUT2D eigenvalue weighted by Gasteiger charge is -2.41. The molecule has 0 bridgehead atoms. The van der Waals surface area contributed by atoms with Crippen LogP contribution >= 0.6 is 0 Å². The lowest BCUT2D eigenvalue weighted by molar-refractivity contribution is -0.133. The fourth-order valence-electron chi connectivity index (χ4n) is 3.82. The van der Waals surface area contributed by atoms with E-state index in [2.05, 4.69) is 22.0 Å². The summed E-state index contributed by atoms with van der Waals surface area (Å²) >= 11 is 0. The monoisotopic (exact) mass is 335 g/mol. The van der Waals surface area contributed by atoms with Gasteiger partial charge in [-0.1, -0.05) is 0 Å². The van der Waals surface area contributed by atoms with Gasteiger partial charge >= 0.3 is 0 Å². The van der Waals surface area contributed by atoms with Crippen LogP contribution in [-0.2, 0) is 23.0 Å². The number of ether oxygens (including phenoxy) is 1. The normalized spacial score (nSPS) is 21.8. The second-order valence-electron chi connectivity index (χ2n) is 6.97. The smallest absolute Gasteiger partial charge is 0.223 e. The van der Waals surface area contributed by atoms with Crippen molar-refractivity contribution in [3.63, 3.8) is 0 Å². The summed E-state index contributed by atoms with van der Waals surface area (Å²) in [5, 5.41) is 7.91. The molecule has 0 saturated carbocycles. The van der Waals surface area contributed by atoms with Gasteiger partial charge < -0.3 is 14.2 Å². The van der Waals surface area contributed by atoms with E-state index in [-0.39, 0.29) is 5.91 Å². The van der Waals surface area contributed by atoms with Gasteiger partial charge in [0, 0.05) is 52.1 Å². The molecule has 0 unspecified atom stereocenters. The number of rotatable bonds is 5. The second-order valence-corrected chi connectivity index (χ2v) is 6.97. The van der Waals surface area contributed by atoms with Crippen LogP contribution in [0.5, 0.6) is 0 Å². The molecule has 1 aromatic rings. The summed E-state index contributed by atoms with van der Waals surface area (Å²) in [5.41, 5.74) is 0. The predicted molar refractivity (Wildman–Crippen MR) is 90.5 cm³/mol. The van der Waals surface area contributed by atoms with Gasteiger partial charge in [0.1, 0.15) is 12.2 Å². The number of piperidine rings is 1. The Bertz CT molecular complexity index is 533. The van der Waals surface area contributed by atoms with Crippen molar-refractivity contribution >= 4 is 5.91 Å². The summed E-state index contributed by atoms with van der Waals surface area (Å²) in [6, 6.07) is 0.588. The summed E-state index contributed by atoms with van der Waals surface area (Å²) in [5.74, 6) is 1.81. The minimum atomic E-state index is 0.246. The molecule has 2 fully saturated rings. The average molecular weight is 335 g/mol. The first-order valence-electron chi connectivity index (χ1n) is 9.07. The Balaban J connectivity index is 1.42. The molecule has 2 aliphatic heterocycles. The van der Waals surface area contributed by atoms with Crippen molar-refractivity contribution in [1.29, 1.82) is 0 Å². The molecule has 7 nitrogen and oxygen atoms in total. The summed E-state index contributed by atoms with van der Waals surface area (Å²) in [4.78, 5) is 17.0. The van der Waals surface area contributed by atoms with Crippen LogP contribution in [-0.4, -0.2) is 75.9 Å². The molecule has 0 spiro atoms. The molecule has 2 aliphatic rings. The van der Waals surface area contributed by atoms with Gasteiger partial charge in [0.25, 0.3) is 0 Å². The molecule has 3 rings (SSSR count). The van der Waals surface area contributed by atoms with E-state index in [9.17, 15) is 4.79 Å². The Morgan fingerprint density at radius 2 is 2.00 bits per heavy atom. The van der Waals surface area contributed by atoms with E-state index < -0.39 is 0 Å². The van der Waals surface area contributed by atoms with E-state index >= 15 is 0 Å². The molecule has 2 saturated heterocycles. The van der Waals surface area contributed by atoms with Gasteiger partial charge in [-0.2, -0.15) is 0 Å². The first kappa shape index (κ1) is 17.4. The van der Waals surface area contributed by atoms with Crippen molar-refractivity contribution in [3.05, 3.63) is 12.2 Å². The van der Waals surface area contributed by atoms with Gasteiger partial charge in [0.2, 0.25) is 5.91 Å². The van der Waals surface area contributed by atoms with Crippen LogP contribution in [0.2, 0.25) is 0 Å². The summed E-state index contributed by atoms with van der Waals surface area (Å²) in [6.45, 7) is 7.89. The first-order valence-corrected chi connectivity index (χ1v) is 9.07. The van der Waals surface area contributed by atoms with E-state index in [0.717, 1.165) is 58.1 Å². The van der Waals surface area contributed by atoms with Crippen LogP contribution in [0.3, 0.4) is 0 Å². The quantitative estimate of drug-likeness (QED) is 0.793. The highest BCUT2D eigenvalue weighted by molar-refractivity contribution is 5.76. The summed E-state index contributed by atoms with van der Waals surface area (Å²) in [7, 11) is 1.92. The van der Waals surface area contributed by atoms with Crippen LogP contribution in [0.4, 0.5) is 0 Å². The van der Waals surface area contributed by atoms with E-state index in [1.54, 1.807) is 6.33 Å². The highest BCUT2D eigenvalue weighted by Gasteiger charge is 2.29. The highest BCUT2D eigenvalue weighted by atomic mass is 16.5. The third kappa shape index (κ3) is 4.13. The molecule has 134 valence electrons. The largest absolute Gasteiger partial charge is 0.379 e. The van der Waals surface area contributed by atoms with E-state index in [1.165, 1.54) is 0 Å². The lowest BCUT2D eigenvalue weighted by atomic mass is 9.89. The maximum absolute atomic E-state index is 12.4. The number of nitrogens with zero attached hydrogens (tertiary/aromatic N) is 5. The molecular formula is C17H29N5O2. The lowest BCUT2D eigenvalue weighted by Crippen LogP contribution is -2.49. The molecule has 0 aromatic carbocycles.